The van der Waals surface area contributed by atoms with Gasteiger partial charge in [0.2, 0.25) is 0 Å². The van der Waals surface area contributed by atoms with E-state index in [9.17, 15) is 0 Å². The van der Waals surface area contributed by atoms with E-state index in [4.69, 9.17) is 11.6 Å². The lowest BCUT2D eigenvalue weighted by atomic mass is 9.97. The van der Waals surface area contributed by atoms with Crippen LogP contribution >= 0.6 is 11.6 Å². The summed E-state index contributed by atoms with van der Waals surface area (Å²) in [5, 5.41) is 4.34. The highest BCUT2D eigenvalue weighted by molar-refractivity contribution is 6.33. The zero-order valence-electron chi connectivity index (χ0n) is 7.81. The van der Waals surface area contributed by atoms with Crippen LogP contribution in [0.1, 0.15) is 25.3 Å². The zero-order chi connectivity index (χ0) is 9.26. The summed E-state index contributed by atoms with van der Waals surface area (Å²) >= 11 is 6.10. The maximum atomic E-state index is 6.10. The third-order valence-electron chi connectivity index (χ3n) is 2.70. The topological polar surface area (TPSA) is 12.0 Å². The van der Waals surface area contributed by atoms with Gasteiger partial charge < -0.3 is 5.32 Å². The van der Waals surface area contributed by atoms with Crippen LogP contribution in [0, 0.1) is 0 Å². The summed E-state index contributed by atoms with van der Waals surface area (Å²) in [5.41, 5.74) is 2.51. The van der Waals surface area contributed by atoms with E-state index in [1.807, 2.05) is 12.1 Å². The van der Waals surface area contributed by atoms with Crippen molar-refractivity contribution in [2.75, 3.05) is 5.32 Å². The molecule has 0 bridgehead atoms. The van der Waals surface area contributed by atoms with Gasteiger partial charge in [0, 0.05) is 6.04 Å². The summed E-state index contributed by atoms with van der Waals surface area (Å²) in [6, 6.07) is 6.73. The predicted octanol–water partition coefficient (Wildman–Crippen LogP) is 3.48. The summed E-state index contributed by atoms with van der Waals surface area (Å²) < 4.78 is 0. The van der Waals surface area contributed by atoms with Crippen LogP contribution in [-0.2, 0) is 6.42 Å². The fraction of sp³-hybridized carbons (Fsp3) is 0.455. The van der Waals surface area contributed by atoms with Crippen LogP contribution in [0.5, 0.6) is 0 Å². The van der Waals surface area contributed by atoms with Gasteiger partial charge in [-0.15, -0.1) is 0 Å². The highest BCUT2D eigenvalue weighted by atomic mass is 35.5. The molecule has 0 saturated heterocycles. The van der Waals surface area contributed by atoms with Gasteiger partial charge >= 0.3 is 0 Å². The number of aryl methyl sites for hydroxylation is 1. The summed E-state index contributed by atoms with van der Waals surface area (Å²) in [4.78, 5) is 0. The third kappa shape index (κ3) is 1.66. The lowest BCUT2D eigenvalue weighted by Gasteiger charge is -2.26. The molecule has 2 heteroatoms. The van der Waals surface area contributed by atoms with E-state index < -0.39 is 0 Å². The molecule has 0 aromatic heterocycles. The van der Waals surface area contributed by atoms with E-state index in [1.54, 1.807) is 0 Å². The highest BCUT2D eigenvalue weighted by Gasteiger charge is 2.17. The molecule has 1 aromatic rings. The minimum atomic E-state index is 0.604. The highest BCUT2D eigenvalue weighted by Crippen LogP contribution is 2.32. The van der Waals surface area contributed by atoms with Crippen molar-refractivity contribution in [3.8, 4) is 0 Å². The number of fused-ring (bicyclic) bond motifs is 1. The molecule has 1 aromatic carbocycles. The van der Waals surface area contributed by atoms with Gasteiger partial charge in [0.15, 0.2) is 0 Å². The van der Waals surface area contributed by atoms with Gasteiger partial charge in [-0.3, -0.25) is 0 Å². The molecule has 0 radical (unpaired) electrons. The van der Waals surface area contributed by atoms with Gasteiger partial charge in [0.05, 0.1) is 10.7 Å². The Morgan fingerprint density at radius 2 is 2.38 bits per heavy atom. The molecular weight excluding hydrogens is 182 g/mol. The fourth-order valence-corrected chi connectivity index (χ4v) is 2.10. The molecule has 1 aliphatic rings. The standard InChI is InChI=1S/C11H14ClN/c1-2-9-7-6-8-4-3-5-10(12)11(8)13-9/h3-5,9,13H,2,6-7H2,1H3. The van der Waals surface area contributed by atoms with Crippen molar-refractivity contribution in [2.45, 2.75) is 32.2 Å². The lowest BCUT2D eigenvalue weighted by molar-refractivity contribution is 0.614. The maximum Gasteiger partial charge on any atom is 0.0640 e. The average molecular weight is 196 g/mol. The number of nitrogens with one attached hydrogen (secondary N) is 1. The van der Waals surface area contributed by atoms with Crippen LogP contribution in [0.15, 0.2) is 18.2 Å². The molecule has 1 aliphatic heterocycles. The minimum Gasteiger partial charge on any atom is -0.381 e. The lowest BCUT2D eigenvalue weighted by Crippen LogP contribution is -2.24. The monoisotopic (exact) mass is 195 g/mol. The van der Waals surface area contributed by atoms with Crippen LogP contribution < -0.4 is 5.32 Å². The Morgan fingerprint density at radius 1 is 1.54 bits per heavy atom. The van der Waals surface area contributed by atoms with Gasteiger partial charge in [-0.2, -0.15) is 0 Å². The summed E-state index contributed by atoms with van der Waals surface area (Å²) in [6.07, 6.45) is 3.55. The van der Waals surface area contributed by atoms with E-state index in [2.05, 4.69) is 18.3 Å². The number of halogens is 1. The molecule has 0 amide bonds. The third-order valence-corrected chi connectivity index (χ3v) is 3.02. The van der Waals surface area contributed by atoms with Crippen LogP contribution in [0.2, 0.25) is 5.02 Å². The molecule has 70 valence electrons. The number of para-hydroxylation sites is 1. The number of hydrogen-bond donors (Lipinski definition) is 1. The summed E-state index contributed by atoms with van der Waals surface area (Å²) in [5.74, 6) is 0. The van der Waals surface area contributed by atoms with E-state index in [0.717, 1.165) is 17.1 Å². The van der Waals surface area contributed by atoms with Crippen LogP contribution in [0.3, 0.4) is 0 Å². The molecular formula is C11H14ClN. The normalized spacial score (nSPS) is 20.6. The van der Waals surface area contributed by atoms with E-state index in [1.165, 1.54) is 18.4 Å². The maximum absolute atomic E-state index is 6.10. The van der Waals surface area contributed by atoms with Crippen LogP contribution in [-0.4, -0.2) is 6.04 Å². The number of anilines is 1. The SMILES string of the molecule is CCC1CCc2cccc(Cl)c2N1. The first kappa shape index (κ1) is 8.89. The number of rotatable bonds is 1. The summed E-state index contributed by atoms with van der Waals surface area (Å²) in [7, 11) is 0. The van der Waals surface area contributed by atoms with Crippen molar-refractivity contribution < 1.29 is 0 Å². The Hall–Kier alpha value is -0.690. The van der Waals surface area contributed by atoms with Crippen molar-refractivity contribution in [1.29, 1.82) is 0 Å². The molecule has 0 spiro atoms. The van der Waals surface area contributed by atoms with E-state index >= 15 is 0 Å². The Labute approximate surface area is 84.1 Å². The molecule has 1 N–H and O–H groups in total. The summed E-state index contributed by atoms with van der Waals surface area (Å²) in [6.45, 7) is 2.21. The van der Waals surface area contributed by atoms with Gasteiger partial charge in [-0.1, -0.05) is 30.7 Å². The Kier molecular flexibility index (Phi) is 2.45. The van der Waals surface area contributed by atoms with Crippen LogP contribution in [0.4, 0.5) is 5.69 Å². The first-order valence-corrected chi connectivity index (χ1v) is 5.23. The van der Waals surface area contributed by atoms with Crippen LogP contribution in [0.25, 0.3) is 0 Å². The van der Waals surface area contributed by atoms with Gasteiger partial charge in [-0.05, 0) is 30.9 Å². The molecule has 0 saturated carbocycles. The van der Waals surface area contributed by atoms with Crippen molar-refractivity contribution in [3.05, 3.63) is 28.8 Å². The second kappa shape index (κ2) is 3.59. The molecule has 13 heavy (non-hydrogen) atoms. The van der Waals surface area contributed by atoms with E-state index in [-0.39, 0.29) is 0 Å². The predicted molar refractivity (Wildman–Crippen MR) is 57.5 cm³/mol. The second-order valence-corrected chi connectivity index (χ2v) is 3.97. The number of benzene rings is 1. The first-order chi connectivity index (χ1) is 6.31. The average Bonchev–Trinajstić information content (AvgIpc) is 2.18. The van der Waals surface area contributed by atoms with Crippen molar-refractivity contribution >= 4 is 17.3 Å². The Bertz CT molecular complexity index is 309. The fourth-order valence-electron chi connectivity index (χ4n) is 1.85. The Morgan fingerprint density at radius 3 is 3.15 bits per heavy atom. The molecule has 1 heterocycles. The second-order valence-electron chi connectivity index (χ2n) is 3.56. The molecule has 1 atom stereocenters. The largest absolute Gasteiger partial charge is 0.381 e. The zero-order valence-corrected chi connectivity index (χ0v) is 8.56. The Balaban J connectivity index is 2.32. The van der Waals surface area contributed by atoms with E-state index in [0.29, 0.717) is 6.04 Å². The van der Waals surface area contributed by atoms with Crippen molar-refractivity contribution in [3.63, 3.8) is 0 Å². The first-order valence-electron chi connectivity index (χ1n) is 4.85. The molecule has 0 fully saturated rings. The molecule has 0 aliphatic carbocycles. The van der Waals surface area contributed by atoms with Gasteiger partial charge in [0.1, 0.15) is 0 Å². The van der Waals surface area contributed by atoms with Crippen molar-refractivity contribution in [2.24, 2.45) is 0 Å². The quantitative estimate of drug-likeness (QED) is 0.724. The smallest absolute Gasteiger partial charge is 0.0640 e. The number of hydrogen-bond acceptors (Lipinski definition) is 1. The molecule has 2 rings (SSSR count). The minimum absolute atomic E-state index is 0.604. The molecule has 1 nitrogen and oxygen atoms in total. The van der Waals surface area contributed by atoms with Gasteiger partial charge in [-0.25, -0.2) is 0 Å². The van der Waals surface area contributed by atoms with Crippen molar-refractivity contribution in [1.82, 2.24) is 0 Å². The molecule has 1 unspecified atom stereocenters. The van der Waals surface area contributed by atoms with Gasteiger partial charge in [0.25, 0.3) is 0 Å².